The number of nitrogens with zero attached hydrogens (tertiary/aromatic N) is 1. The lowest BCUT2D eigenvalue weighted by atomic mass is 10.1. The van der Waals surface area contributed by atoms with Crippen molar-refractivity contribution in [1.82, 2.24) is 4.98 Å². The maximum Gasteiger partial charge on any atom is 0.313 e. The van der Waals surface area contributed by atoms with Gasteiger partial charge in [-0.3, -0.25) is 4.79 Å². The Kier molecular flexibility index (Phi) is 3.16. The van der Waals surface area contributed by atoms with E-state index >= 15 is 0 Å². The monoisotopic (exact) mass is 253 g/mol. The fourth-order valence-electron chi connectivity index (χ4n) is 1.42. The molecule has 0 radical (unpaired) electrons. The maximum absolute atomic E-state index is 10.5. The van der Waals surface area contributed by atoms with Gasteiger partial charge in [-0.15, -0.1) is 11.3 Å². The fraction of sp³-hybridized carbons (Fsp3) is 0.273. The lowest BCUT2D eigenvalue weighted by Gasteiger charge is -1.96. The van der Waals surface area contributed by atoms with Gasteiger partial charge in [-0.05, 0) is 25.0 Å². The van der Waals surface area contributed by atoms with E-state index in [0.717, 1.165) is 20.1 Å². The highest BCUT2D eigenvalue weighted by molar-refractivity contribution is 8.01. The van der Waals surface area contributed by atoms with E-state index in [9.17, 15) is 4.79 Å². The van der Waals surface area contributed by atoms with Crippen molar-refractivity contribution in [1.29, 1.82) is 0 Å². The molecule has 1 N–H and O–H groups in total. The van der Waals surface area contributed by atoms with E-state index in [4.69, 9.17) is 5.11 Å². The normalized spacial score (nSPS) is 10.9. The number of aryl methyl sites for hydroxylation is 2. The molecule has 16 heavy (non-hydrogen) atoms. The molecule has 0 bridgehead atoms. The van der Waals surface area contributed by atoms with Gasteiger partial charge in [0.15, 0.2) is 4.34 Å². The number of thiazole rings is 1. The van der Waals surface area contributed by atoms with Gasteiger partial charge in [0.05, 0.1) is 16.0 Å². The summed E-state index contributed by atoms with van der Waals surface area (Å²) in [5.74, 6) is -0.740. The zero-order valence-corrected chi connectivity index (χ0v) is 10.6. The number of aliphatic carboxylic acids is 1. The summed E-state index contributed by atoms with van der Waals surface area (Å²) in [7, 11) is 0. The number of benzene rings is 1. The van der Waals surface area contributed by atoms with Crippen molar-refractivity contribution >= 4 is 39.3 Å². The van der Waals surface area contributed by atoms with Crippen molar-refractivity contribution < 1.29 is 9.90 Å². The number of fused-ring (bicyclic) bond motifs is 1. The van der Waals surface area contributed by atoms with Crippen LogP contribution < -0.4 is 0 Å². The van der Waals surface area contributed by atoms with E-state index in [2.05, 4.69) is 11.1 Å². The number of carbonyl (C=O) groups is 1. The molecule has 5 heteroatoms. The zero-order chi connectivity index (χ0) is 11.7. The van der Waals surface area contributed by atoms with Gasteiger partial charge in [0.2, 0.25) is 0 Å². The van der Waals surface area contributed by atoms with E-state index in [1.807, 2.05) is 19.9 Å². The highest BCUT2D eigenvalue weighted by atomic mass is 32.2. The van der Waals surface area contributed by atoms with Gasteiger partial charge >= 0.3 is 5.97 Å². The summed E-state index contributed by atoms with van der Waals surface area (Å²) >= 11 is 2.85. The van der Waals surface area contributed by atoms with Gasteiger partial charge in [-0.2, -0.15) is 0 Å². The first kappa shape index (κ1) is 11.4. The predicted octanol–water partition coefficient (Wildman–Crippen LogP) is 3.09. The molecule has 3 nitrogen and oxygen atoms in total. The summed E-state index contributed by atoms with van der Waals surface area (Å²) in [5.41, 5.74) is 3.33. The Morgan fingerprint density at radius 3 is 2.75 bits per heavy atom. The fourth-order valence-corrected chi connectivity index (χ4v) is 3.33. The molecule has 2 rings (SSSR count). The average Bonchev–Trinajstić information content (AvgIpc) is 2.66. The second kappa shape index (κ2) is 4.43. The molecule has 1 aromatic heterocycles. The molecule has 0 saturated carbocycles. The van der Waals surface area contributed by atoms with Crippen LogP contribution in [0.3, 0.4) is 0 Å². The lowest BCUT2D eigenvalue weighted by Crippen LogP contribution is -1.96. The van der Waals surface area contributed by atoms with Crippen molar-refractivity contribution in [3.05, 3.63) is 23.3 Å². The molecule has 0 aliphatic heterocycles. The van der Waals surface area contributed by atoms with Crippen LogP contribution in [-0.4, -0.2) is 21.8 Å². The summed E-state index contributed by atoms with van der Waals surface area (Å²) in [4.78, 5) is 14.9. The van der Waals surface area contributed by atoms with Gasteiger partial charge < -0.3 is 5.11 Å². The predicted molar refractivity (Wildman–Crippen MR) is 67.5 cm³/mol. The van der Waals surface area contributed by atoms with Crippen molar-refractivity contribution in [3.63, 3.8) is 0 Å². The largest absolute Gasteiger partial charge is 0.481 e. The standard InChI is InChI=1S/C11H11NO2S2/c1-6-3-4-7(2)10-9(6)12-11(16-10)15-5-8(13)14/h3-4H,5H2,1-2H3,(H,13,14). The topological polar surface area (TPSA) is 50.2 Å². The van der Waals surface area contributed by atoms with E-state index in [-0.39, 0.29) is 5.75 Å². The van der Waals surface area contributed by atoms with Crippen LogP contribution in [0.1, 0.15) is 11.1 Å². The third kappa shape index (κ3) is 2.20. The summed E-state index contributed by atoms with van der Waals surface area (Å²) < 4.78 is 1.99. The van der Waals surface area contributed by atoms with Crippen LogP contribution >= 0.6 is 23.1 Å². The van der Waals surface area contributed by atoms with Crippen LogP contribution in [0.25, 0.3) is 10.2 Å². The van der Waals surface area contributed by atoms with E-state index in [1.54, 1.807) is 11.3 Å². The number of aromatic nitrogens is 1. The highest BCUT2D eigenvalue weighted by Gasteiger charge is 2.09. The Morgan fingerprint density at radius 2 is 2.12 bits per heavy atom. The van der Waals surface area contributed by atoms with Crippen LogP contribution in [0.4, 0.5) is 0 Å². The second-order valence-corrected chi connectivity index (χ2v) is 5.76. The smallest absolute Gasteiger partial charge is 0.313 e. The van der Waals surface area contributed by atoms with Crippen molar-refractivity contribution in [3.8, 4) is 0 Å². The zero-order valence-electron chi connectivity index (χ0n) is 8.98. The molecule has 0 saturated heterocycles. The Bertz CT molecular complexity index is 509. The number of hydrogen-bond acceptors (Lipinski definition) is 4. The van der Waals surface area contributed by atoms with Gasteiger partial charge in [-0.1, -0.05) is 23.9 Å². The maximum atomic E-state index is 10.5. The molecule has 0 unspecified atom stereocenters. The number of rotatable bonds is 3. The highest BCUT2D eigenvalue weighted by Crippen LogP contribution is 2.33. The average molecular weight is 253 g/mol. The Balaban J connectivity index is 2.39. The second-order valence-electron chi connectivity index (χ2n) is 3.54. The Morgan fingerprint density at radius 1 is 1.44 bits per heavy atom. The summed E-state index contributed by atoms with van der Waals surface area (Å²) in [6.07, 6.45) is 0. The number of carboxylic acids is 1. The minimum absolute atomic E-state index is 0.0674. The van der Waals surface area contributed by atoms with Crippen LogP contribution in [0.5, 0.6) is 0 Å². The van der Waals surface area contributed by atoms with Gasteiger partial charge in [0, 0.05) is 0 Å². The molecular weight excluding hydrogens is 242 g/mol. The molecule has 0 aliphatic rings. The Labute approximate surface area is 102 Å². The number of hydrogen-bond donors (Lipinski definition) is 1. The quantitative estimate of drug-likeness (QED) is 0.854. The molecule has 2 aromatic rings. The third-order valence-electron chi connectivity index (χ3n) is 2.24. The molecule has 0 atom stereocenters. The van der Waals surface area contributed by atoms with Gasteiger partial charge in [-0.25, -0.2) is 4.98 Å². The van der Waals surface area contributed by atoms with Crippen LogP contribution in [0.15, 0.2) is 16.5 Å². The summed E-state index contributed by atoms with van der Waals surface area (Å²) in [5, 5.41) is 8.61. The van der Waals surface area contributed by atoms with E-state index in [1.165, 1.54) is 17.3 Å². The first-order chi connectivity index (χ1) is 7.58. The van der Waals surface area contributed by atoms with Gasteiger partial charge in [0.25, 0.3) is 0 Å². The number of carboxylic acid groups (broad SMARTS) is 1. The Hall–Kier alpha value is -1.07. The van der Waals surface area contributed by atoms with Crippen molar-refractivity contribution in [2.24, 2.45) is 0 Å². The van der Waals surface area contributed by atoms with E-state index < -0.39 is 5.97 Å². The van der Waals surface area contributed by atoms with E-state index in [0.29, 0.717) is 0 Å². The van der Waals surface area contributed by atoms with Crippen LogP contribution in [-0.2, 0) is 4.79 Å². The molecule has 0 fully saturated rings. The SMILES string of the molecule is Cc1ccc(C)c2sc(SCC(=O)O)nc12. The summed E-state index contributed by atoms with van der Waals surface area (Å²) in [6.45, 7) is 4.07. The minimum atomic E-state index is -0.808. The minimum Gasteiger partial charge on any atom is -0.481 e. The molecule has 1 heterocycles. The van der Waals surface area contributed by atoms with Crippen LogP contribution in [0.2, 0.25) is 0 Å². The third-order valence-corrected chi connectivity index (χ3v) is 4.56. The number of thioether (sulfide) groups is 1. The first-order valence-corrected chi connectivity index (χ1v) is 6.59. The summed E-state index contributed by atoms with van der Waals surface area (Å²) in [6, 6.07) is 4.12. The lowest BCUT2D eigenvalue weighted by molar-refractivity contribution is -0.133. The molecule has 0 spiro atoms. The van der Waals surface area contributed by atoms with Crippen molar-refractivity contribution in [2.75, 3.05) is 5.75 Å². The molecular formula is C11H11NO2S2. The molecule has 1 aromatic carbocycles. The van der Waals surface area contributed by atoms with Crippen molar-refractivity contribution in [2.45, 2.75) is 18.2 Å². The molecule has 0 aliphatic carbocycles. The first-order valence-electron chi connectivity index (χ1n) is 4.79. The van der Waals surface area contributed by atoms with Gasteiger partial charge in [0.1, 0.15) is 0 Å². The molecule has 84 valence electrons. The van der Waals surface area contributed by atoms with Crippen LogP contribution in [0, 0.1) is 13.8 Å². The molecule has 0 amide bonds.